The zero-order valence-corrected chi connectivity index (χ0v) is 16.4. The molecule has 1 saturated heterocycles. The fraction of sp³-hybridized carbons (Fsp3) is 1.00. The van der Waals surface area contributed by atoms with Gasteiger partial charge in [0, 0.05) is 11.1 Å². The molecule has 2 rings (SSSR count). The standard InChI is InChI=1S/C10H21N.C10H20/c1-9(2)7-6-8-10(3,4)11(9)5;1-9(2)6-5-7-10(3,4)8-9/h6-8H2,1-5H3;5-8H2,1-4H3. The summed E-state index contributed by atoms with van der Waals surface area (Å²) in [6.07, 6.45) is 9.75. The highest BCUT2D eigenvalue weighted by Crippen LogP contribution is 2.45. The lowest BCUT2D eigenvalue weighted by Gasteiger charge is -2.50. The minimum Gasteiger partial charge on any atom is -0.296 e. The number of rotatable bonds is 0. The number of hydrogen-bond donors (Lipinski definition) is 0. The first-order valence-electron chi connectivity index (χ1n) is 9.02. The second kappa shape index (κ2) is 6.22. The maximum Gasteiger partial charge on any atom is 0.0155 e. The first-order valence-corrected chi connectivity index (χ1v) is 9.02. The van der Waals surface area contributed by atoms with Crippen LogP contribution in [-0.2, 0) is 0 Å². The average molecular weight is 296 g/mol. The Kier molecular flexibility index (Phi) is 5.63. The highest BCUT2D eigenvalue weighted by molar-refractivity contribution is 4.94. The molecule has 2 aliphatic rings. The van der Waals surface area contributed by atoms with Crippen LogP contribution in [0.2, 0.25) is 0 Å². The maximum atomic E-state index is 2.52. The fourth-order valence-corrected chi connectivity index (χ4v) is 4.63. The van der Waals surface area contributed by atoms with Crippen molar-refractivity contribution in [1.29, 1.82) is 0 Å². The maximum absolute atomic E-state index is 2.52. The van der Waals surface area contributed by atoms with Gasteiger partial charge in [-0.1, -0.05) is 34.1 Å². The van der Waals surface area contributed by atoms with E-state index in [1.54, 1.807) is 0 Å². The van der Waals surface area contributed by atoms with Crippen LogP contribution in [0.5, 0.6) is 0 Å². The summed E-state index contributed by atoms with van der Waals surface area (Å²) in [5.74, 6) is 0. The molecule has 0 aromatic carbocycles. The summed E-state index contributed by atoms with van der Waals surface area (Å²) in [5, 5.41) is 0. The summed E-state index contributed by atoms with van der Waals surface area (Å²) >= 11 is 0. The molecule has 0 aromatic rings. The highest BCUT2D eigenvalue weighted by atomic mass is 15.2. The molecular weight excluding hydrogens is 254 g/mol. The van der Waals surface area contributed by atoms with E-state index in [0.29, 0.717) is 21.9 Å². The molecule has 1 heteroatoms. The predicted octanol–water partition coefficient (Wildman–Crippen LogP) is 6.27. The lowest BCUT2D eigenvalue weighted by atomic mass is 9.65. The van der Waals surface area contributed by atoms with Gasteiger partial charge in [-0.2, -0.15) is 0 Å². The van der Waals surface area contributed by atoms with E-state index in [2.05, 4.69) is 67.3 Å². The smallest absolute Gasteiger partial charge is 0.0155 e. The molecule has 0 atom stereocenters. The fourth-order valence-electron chi connectivity index (χ4n) is 4.63. The Hall–Kier alpha value is -0.0400. The molecule has 126 valence electrons. The van der Waals surface area contributed by atoms with Crippen LogP contribution >= 0.6 is 0 Å². The van der Waals surface area contributed by atoms with Crippen molar-refractivity contribution in [1.82, 2.24) is 4.90 Å². The summed E-state index contributed by atoms with van der Waals surface area (Å²) < 4.78 is 0. The van der Waals surface area contributed by atoms with Crippen molar-refractivity contribution in [3.8, 4) is 0 Å². The largest absolute Gasteiger partial charge is 0.296 e. The van der Waals surface area contributed by atoms with Crippen molar-refractivity contribution < 1.29 is 0 Å². The molecule has 0 spiro atoms. The zero-order chi connectivity index (χ0) is 16.5. The summed E-state index contributed by atoms with van der Waals surface area (Å²) in [6.45, 7) is 19.0. The van der Waals surface area contributed by atoms with E-state index in [-0.39, 0.29) is 0 Å². The molecule has 0 amide bonds. The zero-order valence-electron chi connectivity index (χ0n) is 16.4. The van der Waals surface area contributed by atoms with Crippen molar-refractivity contribution in [3.05, 3.63) is 0 Å². The first-order chi connectivity index (χ1) is 9.28. The number of nitrogens with zero attached hydrogens (tertiary/aromatic N) is 1. The van der Waals surface area contributed by atoms with Crippen molar-refractivity contribution in [2.24, 2.45) is 10.8 Å². The van der Waals surface area contributed by atoms with Crippen molar-refractivity contribution in [2.75, 3.05) is 7.05 Å². The molecule has 1 nitrogen and oxygen atoms in total. The van der Waals surface area contributed by atoms with Crippen LogP contribution in [0.4, 0.5) is 0 Å². The quantitative estimate of drug-likeness (QED) is 0.509. The molecule has 1 aliphatic heterocycles. The third-order valence-electron chi connectivity index (χ3n) is 6.06. The van der Waals surface area contributed by atoms with Gasteiger partial charge in [-0.05, 0) is 84.1 Å². The summed E-state index contributed by atoms with van der Waals surface area (Å²) in [7, 11) is 2.25. The lowest BCUT2D eigenvalue weighted by molar-refractivity contribution is -0.00199. The van der Waals surface area contributed by atoms with Gasteiger partial charge in [-0.3, -0.25) is 4.90 Å². The Morgan fingerprint density at radius 2 is 0.905 bits per heavy atom. The van der Waals surface area contributed by atoms with Crippen LogP contribution in [0, 0.1) is 10.8 Å². The van der Waals surface area contributed by atoms with Crippen molar-refractivity contribution in [2.45, 2.75) is 111 Å². The van der Waals surface area contributed by atoms with Gasteiger partial charge in [-0.25, -0.2) is 0 Å². The SMILES string of the molecule is CC1(C)CCCC(C)(C)C1.CN1C(C)(C)CCCC1(C)C. The summed E-state index contributed by atoms with van der Waals surface area (Å²) in [6, 6.07) is 0. The Labute approximate surface area is 134 Å². The Bertz CT molecular complexity index is 306. The monoisotopic (exact) mass is 295 g/mol. The second-order valence-corrected chi connectivity index (χ2v) is 10.4. The van der Waals surface area contributed by atoms with Gasteiger partial charge in [0.1, 0.15) is 0 Å². The van der Waals surface area contributed by atoms with Crippen LogP contribution in [0.15, 0.2) is 0 Å². The van der Waals surface area contributed by atoms with Crippen LogP contribution in [0.3, 0.4) is 0 Å². The van der Waals surface area contributed by atoms with Gasteiger partial charge in [0.25, 0.3) is 0 Å². The topological polar surface area (TPSA) is 3.24 Å². The van der Waals surface area contributed by atoms with Crippen LogP contribution in [0.25, 0.3) is 0 Å². The first kappa shape index (κ1) is 19.0. The molecule has 21 heavy (non-hydrogen) atoms. The molecule has 0 aromatic heterocycles. The van der Waals surface area contributed by atoms with Gasteiger partial charge in [0.15, 0.2) is 0 Å². The predicted molar refractivity (Wildman–Crippen MR) is 95.8 cm³/mol. The Morgan fingerprint density at radius 1 is 0.571 bits per heavy atom. The van der Waals surface area contributed by atoms with Crippen molar-refractivity contribution in [3.63, 3.8) is 0 Å². The van der Waals surface area contributed by atoms with Crippen LogP contribution in [-0.4, -0.2) is 23.0 Å². The van der Waals surface area contributed by atoms with E-state index in [1.807, 2.05) is 0 Å². The third-order valence-corrected chi connectivity index (χ3v) is 6.06. The van der Waals surface area contributed by atoms with E-state index in [1.165, 1.54) is 44.9 Å². The van der Waals surface area contributed by atoms with Gasteiger partial charge in [0.2, 0.25) is 0 Å². The van der Waals surface area contributed by atoms with Crippen LogP contribution in [0.1, 0.15) is 100 Å². The van der Waals surface area contributed by atoms with Crippen LogP contribution < -0.4 is 0 Å². The Balaban J connectivity index is 0.000000211. The number of hydrogen-bond acceptors (Lipinski definition) is 1. The molecule has 0 unspecified atom stereocenters. The van der Waals surface area contributed by atoms with E-state index in [4.69, 9.17) is 0 Å². The second-order valence-electron chi connectivity index (χ2n) is 10.4. The molecule has 0 N–H and O–H groups in total. The van der Waals surface area contributed by atoms with Gasteiger partial charge in [-0.15, -0.1) is 0 Å². The molecule has 0 bridgehead atoms. The molecule has 2 fully saturated rings. The van der Waals surface area contributed by atoms with E-state index in [9.17, 15) is 0 Å². The Morgan fingerprint density at radius 3 is 1.14 bits per heavy atom. The molecular formula is C20H41N. The van der Waals surface area contributed by atoms with Gasteiger partial charge in [0.05, 0.1) is 0 Å². The molecule has 1 heterocycles. The minimum atomic E-state index is 0.405. The van der Waals surface area contributed by atoms with E-state index in [0.717, 1.165) is 0 Å². The van der Waals surface area contributed by atoms with Crippen molar-refractivity contribution >= 4 is 0 Å². The summed E-state index contributed by atoms with van der Waals surface area (Å²) in [4.78, 5) is 2.52. The number of piperidine rings is 1. The molecule has 0 radical (unpaired) electrons. The third kappa shape index (κ3) is 5.58. The molecule has 1 aliphatic carbocycles. The normalized spacial score (nSPS) is 30.1. The highest BCUT2D eigenvalue weighted by Gasteiger charge is 2.38. The van der Waals surface area contributed by atoms with E-state index >= 15 is 0 Å². The van der Waals surface area contributed by atoms with E-state index < -0.39 is 0 Å². The molecule has 1 saturated carbocycles. The average Bonchev–Trinajstić information content (AvgIpc) is 2.23. The summed E-state index contributed by atoms with van der Waals surface area (Å²) in [5.41, 5.74) is 2.03. The van der Waals surface area contributed by atoms with Gasteiger partial charge >= 0.3 is 0 Å². The lowest BCUT2D eigenvalue weighted by Crippen LogP contribution is -2.56. The number of likely N-dealkylation sites (tertiary alicyclic amines) is 1. The van der Waals surface area contributed by atoms with Gasteiger partial charge < -0.3 is 0 Å². The minimum absolute atomic E-state index is 0.405.